The molecule has 0 aliphatic carbocycles. The van der Waals surface area contributed by atoms with Gasteiger partial charge < -0.3 is 14.8 Å². The molecule has 0 spiro atoms. The van der Waals surface area contributed by atoms with Crippen LogP contribution in [-0.4, -0.2) is 11.0 Å². The summed E-state index contributed by atoms with van der Waals surface area (Å²) in [6, 6.07) is 10.2. The van der Waals surface area contributed by atoms with Gasteiger partial charge in [-0.1, -0.05) is 18.2 Å². The average Bonchev–Trinajstić information content (AvgIpc) is 2.89. The number of benzene rings is 1. The Labute approximate surface area is 91.5 Å². The highest BCUT2D eigenvalue weighted by Crippen LogP contribution is 2.34. The zero-order valence-corrected chi connectivity index (χ0v) is 8.31. The lowest BCUT2D eigenvalue weighted by atomic mass is 10.00. The molecule has 1 unspecified atom stereocenters. The Morgan fingerprint density at radius 2 is 2.00 bits per heavy atom. The van der Waals surface area contributed by atoms with Crippen molar-refractivity contribution in [1.29, 1.82) is 0 Å². The van der Waals surface area contributed by atoms with E-state index in [0.29, 0.717) is 16.9 Å². The van der Waals surface area contributed by atoms with Gasteiger partial charge in [-0.3, -0.25) is 4.79 Å². The van der Waals surface area contributed by atoms with Crippen molar-refractivity contribution in [3.8, 4) is 0 Å². The molecule has 80 valence electrons. The van der Waals surface area contributed by atoms with Gasteiger partial charge in [-0.15, -0.1) is 0 Å². The third-order valence-corrected chi connectivity index (χ3v) is 2.73. The lowest BCUT2D eigenvalue weighted by Crippen LogP contribution is -2.39. The smallest absolute Gasteiger partial charge is 0.254 e. The van der Waals surface area contributed by atoms with Gasteiger partial charge in [-0.05, 0) is 18.2 Å². The highest BCUT2D eigenvalue weighted by molar-refractivity contribution is 6.00. The third-order valence-electron chi connectivity index (χ3n) is 2.73. The Morgan fingerprint density at radius 3 is 2.75 bits per heavy atom. The van der Waals surface area contributed by atoms with Crippen LogP contribution in [0, 0.1) is 0 Å². The fourth-order valence-corrected chi connectivity index (χ4v) is 1.97. The van der Waals surface area contributed by atoms with E-state index < -0.39 is 5.72 Å². The van der Waals surface area contributed by atoms with Crippen molar-refractivity contribution in [1.82, 2.24) is 5.32 Å². The van der Waals surface area contributed by atoms with Gasteiger partial charge in [0.25, 0.3) is 5.91 Å². The molecular weight excluding hydrogens is 206 g/mol. The minimum Gasteiger partial charge on any atom is -0.464 e. The molecule has 16 heavy (non-hydrogen) atoms. The summed E-state index contributed by atoms with van der Waals surface area (Å²) in [4.78, 5) is 11.7. The van der Waals surface area contributed by atoms with Crippen molar-refractivity contribution in [2.75, 3.05) is 0 Å². The van der Waals surface area contributed by atoms with Crippen LogP contribution in [0.5, 0.6) is 0 Å². The summed E-state index contributed by atoms with van der Waals surface area (Å²) < 4.78 is 5.16. The van der Waals surface area contributed by atoms with E-state index in [0.717, 1.165) is 0 Å². The van der Waals surface area contributed by atoms with Crippen LogP contribution in [0.1, 0.15) is 21.7 Å². The summed E-state index contributed by atoms with van der Waals surface area (Å²) in [6.45, 7) is 0. The molecular formula is C12H9NO3. The van der Waals surface area contributed by atoms with Crippen LogP contribution in [0.3, 0.4) is 0 Å². The van der Waals surface area contributed by atoms with E-state index in [1.54, 1.807) is 36.4 Å². The molecule has 1 atom stereocenters. The molecule has 1 aromatic heterocycles. The zero-order chi connectivity index (χ0) is 11.2. The molecule has 2 aromatic rings. The number of carbonyl (C=O) groups excluding carboxylic acids is 1. The molecule has 4 heteroatoms. The topological polar surface area (TPSA) is 62.5 Å². The first-order valence-electron chi connectivity index (χ1n) is 4.90. The van der Waals surface area contributed by atoms with E-state index in [4.69, 9.17) is 4.42 Å². The van der Waals surface area contributed by atoms with Gasteiger partial charge >= 0.3 is 0 Å². The molecule has 1 aromatic carbocycles. The monoisotopic (exact) mass is 215 g/mol. The van der Waals surface area contributed by atoms with Gasteiger partial charge in [-0.25, -0.2) is 0 Å². The van der Waals surface area contributed by atoms with Crippen LogP contribution in [0.4, 0.5) is 0 Å². The van der Waals surface area contributed by atoms with E-state index in [-0.39, 0.29) is 5.91 Å². The number of hydrogen-bond acceptors (Lipinski definition) is 3. The maximum absolute atomic E-state index is 11.7. The summed E-state index contributed by atoms with van der Waals surface area (Å²) in [5.74, 6) is 0.0142. The highest BCUT2D eigenvalue weighted by atomic mass is 16.4. The fraction of sp³-hybridized carbons (Fsp3) is 0.0833. The van der Waals surface area contributed by atoms with E-state index in [2.05, 4.69) is 5.32 Å². The minimum atomic E-state index is -1.54. The molecule has 0 fully saturated rings. The van der Waals surface area contributed by atoms with E-state index in [9.17, 15) is 9.90 Å². The molecule has 0 saturated carbocycles. The summed E-state index contributed by atoms with van der Waals surface area (Å²) in [6.07, 6.45) is 1.46. The van der Waals surface area contributed by atoms with Crippen LogP contribution < -0.4 is 5.32 Å². The molecule has 1 aliphatic rings. The molecule has 0 bridgehead atoms. The first kappa shape index (κ1) is 9.18. The third kappa shape index (κ3) is 1.05. The summed E-state index contributed by atoms with van der Waals surface area (Å²) in [5, 5.41) is 13.0. The maximum Gasteiger partial charge on any atom is 0.254 e. The molecule has 1 amide bonds. The van der Waals surface area contributed by atoms with Crippen LogP contribution >= 0.6 is 0 Å². The molecule has 2 N–H and O–H groups in total. The predicted molar refractivity (Wildman–Crippen MR) is 55.6 cm³/mol. The van der Waals surface area contributed by atoms with Crippen LogP contribution in [0.2, 0.25) is 0 Å². The Hall–Kier alpha value is -2.07. The standard InChI is InChI=1S/C12H9NO3/c14-11-8-4-1-2-5-9(8)12(15,13-11)10-6-3-7-16-10/h1-7,15H,(H,13,14). The first-order valence-corrected chi connectivity index (χ1v) is 4.90. The second kappa shape index (κ2) is 2.96. The van der Waals surface area contributed by atoms with Gasteiger partial charge in [-0.2, -0.15) is 0 Å². The van der Waals surface area contributed by atoms with E-state index in [1.165, 1.54) is 6.26 Å². The van der Waals surface area contributed by atoms with Crippen molar-refractivity contribution in [3.05, 3.63) is 59.5 Å². The highest BCUT2D eigenvalue weighted by Gasteiger charge is 2.44. The molecule has 2 heterocycles. The Morgan fingerprint density at radius 1 is 1.19 bits per heavy atom. The Bertz CT molecular complexity index is 547. The summed E-state index contributed by atoms with van der Waals surface area (Å²) in [5.41, 5.74) is -0.548. The minimum absolute atomic E-state index is 0.297. The number of aliphatic hydroxyl groups is 1. The van der Waals surface area contributed by atoms with Crippen LogP contribution in [-0.2, 0) is 5.72 Å². The van der Waals surface area contributed by atoms with Gasteiger partial charge in [0, 0.05) is 11.1 Å². The number of nitrogens with one attached hydrogen (secondary N) is 1. The summed E-state index contributed by atoms with van der Waals surface area (Å²) >= 11 is 0. The second-order valence-corrected chi connectivity index (χ2v) is 3.69. The van der Waals surface area contributed by atoms with Crippen molar-refractivity contribution < 1.29 is 14.3 Å². The van der Waals surface area contributed by atoms with Crippen LogP contribution in [0.25, 0.3) is 0 Å². The van der Waals surface area contributed by atoms with Gasteiger partial charge in [0.2, 0.25) is 5.72 Å². The van der Waals surface area contributed by atoms with Crippen molar-refractivity contribution in [3.63, 3.8) is 0 Å². The number of hydrogen-bond donors (Lipinski definition) is 2. The average molecular weight is 215 g/mol. The normalized spacial score (nSPS) is 22.9. The van der Waals surface area contributed by atoms with Crippen molar-refractivity contribution in [2.24, 2.45) is 0 Å². The van der Waals surface area contributed by atoms with Crippen molar-refractivity contribution >= 4 is 5.91 Å². The largest absolute Gasteiger partial charge is 0.464 e. The molecule has 0 radical (unpaired) electrons. The first-order chi connectivity index (χ1) is 7.72. The SMILES string of the molecule is O=C1NC(O)(c2ccco2)c2ccccc21. The summed E-state index contributed by atoms with van der Waals surface area (Å²) in [7, 11) is 0. The van der Waals surface area contributed by atoms with Gasteiger partial charge in [0.15, 0.2) is 5.76 Å². The fourth-order valence-electron chi connectivity index (χ4n) is 1.97. The number of fused-ring (bicyclic) bond motifs is 1. The number of carbonyl (C=O) groups is 1. The lowest BCUT2D eigenvalue weighted by Gasteiger charge is -2.20. The van der Waals surface area contributed by atoms with Gasteiger partial charge in [0.1, 0.15) is 0 Å². The molecule has 0 saturated heterocycles. The maximum atomic E-state index is 11.7. The molecule has 3 rings (SSSR count). The van der Waals surface area contributed by atoms with E-state index >= 15 is 0 Å². The Kier molecular flexibility index (Phi) is 1.70. The number of rotatable bonds is 1. The van der Waals surface area contributed by atoms with Crippen LogP contribution in [0.15, 0.2) is 47.1 Å². The van der Waals surface area contributed by atoms with E-state index in [1.807, 2.05) is 0 Å². The Balaban J connectivity index is 2.23. The quantitative estimate of drug-likeness (QED) is 0.751. The molecule has 1 aliphatic heterocycles. The lowest BCUT2D eigenvalue weighted by molar-refractivity contribution is 0.0306. The number of furan rings is 1. The number of amides is 1. The van der Waals surface area contributed by atoms with Crippen molar-refractivity contribution in [2.45, 2.75) is 5.72 Å². The second-order valence-electron chi connectivity index (χ2n) is 3.69. The molecule has 4 nitrogen and oxygen atoms in total. The predicted octanol–water partition coefficient (Wildman–Crippen LogP) is 1.22. The zero-order valence-electron chi connectivity index (χ0n) is 8.31. The van der Waals surface area contributed by atoms with Gasteiger partial charge in [0.05, 0.1) is 6.26 Å².